The summed E-state index contributed by atoms with van der Waals surface area (Å²) in [5, 5.41) is 4.65. The van der Waals surface area contributed by atoms with E-state index in [0.717, 1.165) is 17.7 Å². The second-order valence-corrected chi connectivity index (χ2v) is 6.11. The molecule has 0 amide bonds. The van der Waals surface area contributed by atoms with Gasteiger partial charge in [-0.25, -0.2) is 4.98 Å². The van der Waals surface area contributed by atoms with Crippen LogP contribution in [0.1, 0.15) is 24.0 Å². The van der Waals surface area contributed by atoms with Crippen molar-refractivity contribution >= 4 is 23.2 Å². The number of nitrogens with one attached hydrogen (secondary N) is 1. The van der Waals surface area contributed by atoms with Crippen LogP contribution in [0.25, 0.3) is 0 Å². The van der Waals surface area contributed by atoms with Crippen LogP contribution in [0.2, 0.25) is 10.0 Å². The summed E-state index contributed by atoms with van der Waals surface area (Å²) in [4.78, 5) is 4.30. The van der Waals surface area contributed by atoms with Crippen LogP contribution in [0.15, 0.2) is 30.5 Å². The molecule has 2 aromatic rings. The molecular weight excluding hydrogens is 307 g/mol. The Bertz CT molecular complexity index is 657. The van der Waals surface area contributed by atoms with Crippen molar-refractivity contribution in [3.63, 3.8) is 0 Å². The van der Waals surface area contributed by atoms with Gasteiger partial charge in [0.05, 0.1) is 0 Å². The highest BCUT2D eigenvalue weighted by molar-refractivity contribution is 6.32. The zero-order chi connectivity index (χ0) is 14.8. The molecule has 1 saturated carbocycles. The Morgan fingerprint density at radius 3 is 2.71 bits per heavy atom. The monoisotopic (exact) mass is 322 g/mol. The smallest absolute Gasteiger partial charge is 0.238 e. The molecule has 1 fully saturated rings. The second kappa shape index (κ2) is 6.22. The fourth-order valence-corrected chi connectivity index (χ4v) is 2.32. The van der Waals surface area contributed by atoms with Crippen molar-refractivity contribution in [2.75, 3.05) is 0 Å². The number of benzene rings is 1. The summed E-state index contributed by atoms with van der Waals surface area (Å²) in [6, 6.07) is 8.02. The van der Waals surface area contributed by atoms with Gasteiger partial charge in [-0.2, -0.15) is 0 Å². The topological polar surface area (TPSA) is 34.1 Å². The fourth-order valence-electron chi connectivity index (χ4n) is 1.98. The molecule has 1 N–H and O–H groups in total. The third-order valence-corrected chi connectivity index (χ3v) is 4.08. The third-order valence-electron chi connectivity index (χ3n) is 3.38. The van der Waals surface area contributed by atoms with Crippen LogP contribution in [0, 0.1) is 6.92 Å². The minimum atomic E-state index is 0.411. The van der Waals surface area contributed by atoms with Gasteiger partial charge in [-0.15, -0.1) is 0 Å². The summed E-state index contributed by atoms with van der Waals surface area (Å²) in [7, 11) is 0. The Kier molecular flexibility index (Phi) is 4.34. The molecule has 0 bridgehead atoms. The van der Waals surface area contributed by atoms with E-state index >= 15 is 0 Å². The first kappa shape index (κ1) is 14.6. The number of rotatable bonds is 5. The molecular formula is C16H16Cl2N2O. The molecule has 0 saturated heterocycles. The lowest BCUT2D eigenvalue weighted by Crippen LogP contribution is -2.15. The number of aryl methyl sites for hydroxylation is 1. The Morgan fingerprint density at radius 1 is 1.24 bits per heavy atom. The van der Waals surface area contributed by atoms with Gasteiger partial charge in [0.1, 0.15) is 10.8 Å². The Labute approximate surface area is 134 Å². The van der Waals surface area contributed by atoms with Gasteiger partial charge in [0.15, 0.2) is 0 Å². The van der Waals surface area contributed by atoms with Crippen LogP contribution < -0.4 is 10.1 Å². The molecule has 1 aliphatic rings. The van der Waals surface area contributed by atoms with Crippen LogP contribution in [0.5, 0.6) is 11.6 Å². The molecule has 5 heteroatoms. The number of nitrogens with zero attached hydrogens (tertiary/aromatic N) is 1. The molecule has 0 atom stereocenters. The Morgan fingerprint density at radius 2 is 2.05 bits per heavy atom. The van der Waals surface area contributed by atoms with E-state index in [9.17, 15) is 0 Å². The summed E-state index contributed by atoms with van der Waals surface area (Å²) >= 11 is 12.2. The van der Waals surface area contributed by atoms with E-state index in [1.165, 1.54) is 12.8 Å². The normalized spacial score (nSPS) is 14.2. The van der Waals surface area contributed by atoms with Gasteiger partial charge < -0.3 is 10.1 Å². The summed E-state index contributed by atoms with van der Waals surface area (Å²) < 4.78 is 5.72. The number of pyridine rings is 1. The van der Waals surface area contributed by atoms with E-state index in [2.05, 4.69) is 10.3 Å². The highest BCUT2D eigenvalue weighted by atomic mass is 35.5. The molecule has 3 rings (SSSR count). The van der Waals surface area contributed by atoms with Gasteiger partial charge in [0, 0.05) is 23.8 Å². The maximum Gasteiger partial charge on any atom is 0.238 e. The van der Waals surface area contributed by atoms with Crippen molar-refractivity contribution in [2.24, 2.45) is 0 Å². The molecule has 0 aliphatic heterocycles. The number of hydrogen-bond donors (Lipinski definition) is 1. The van der Waals surface area contributed by atoms with Crippen molar-refractivity contribution in [2.45, 2.75) is 32.4 Å². The average molecular weight is 323 g/mol. The molecule has 1 heterocycles. The van der Waals surface area contributed by atoms with Crippen molar-refractivity contribution in [1.29, 1.82) is 0 Å². The van der Waals surface area contributed by atoms with Gasteiger partial charge in [-0.1, -0.05) is 23.2 Å². The molecule has 1 aromatic carbocycles. The first-order chi connectivity index (χ1) is 10.1. The minimum Gasteiger partial charge on any atom is -0.438 e. The van der Waals surface area contributed by atoms with E-state index in [1.807, 2.05) is 19.1 Å². The standard InChI is InChI=1S/C16H16Cl2N2O/c1-10-6-13(4-5-14(10)17)21-16-15(18)7-11(9-20-16)8-19-12-2-3-12/h4-7,9,12,19H,2-3,8H2,1H3. The first-order valence-corrected chi connectivity index (χ1v) is 7.69. The highest BCUT2D eigenvalue weighted by Crippen LogP contribution is 2.30. The van der Waals surface area contributed by atoms with Crippen LogP contribution in [-0.2, 0) is 6.54 Å². The van der Waals surface area contributed by atoms with E-state index in [0.29, 0.717) is 27.7 Å². The van der Waals surface area contributed by atoms with Crippen LogP contribution in [-0.4, -0.2) is 11.0 Å². The molecule has 0 unspecified atom stereocenters. The predicted octanol–water partition coefficient (Wildman–Crippen LogP) is 4.74. The summed E-state index contributed by atoms with van der Waals surface area (Å²) in [5.41, 5.74) is 2.02. The lowest BCUT2D eigenvalue weighted by atomic mass is 10.2. The predicted molar refractivity (Wildman–Crippen MR) is 85.4 cm³/mol. The number of halogens is 2. The van der Waals surface area contributed by atoms with E-state index < -0.39 is 0 Å². The maximum absolute atomic E-state index is 6.24. The Hall–Kier alpha value is -1.29. The summed E-state index contributed by atoms with van der Waals surface area (Å²) in [6.07, 6.45) is 4.32. The van der Waals surface area contributed by atoms with Gasteiger partial charge in [-0.05, 0) is 55.2 Å². The molecule has 0 spiro atoms. The van der Waals surface area contributed by atoms with Gasteiger partial charge in [-0.3, -0.25) is 0 Å². The summed E-state index contributed by atoms with van der Waals surface area (Å²) in [6.45, 7) is 2.72. The fraction of sp³-hybridized carbons (Fsp3) is 0.312. The first-order valence-electron chi connectivity index (χ1n) is 6.93. The van der Waals surface area contributed by atoms with Crippen LogP contribution in [0.3, 0.4) is 0 Å². The zero-order valence-electron chi connectivity index (χ0n) is 11.7. The maximum atomic E-state index is 6.24. The SMILES string of the molecule is Cc1cc(Oc2ncc(CNC3CC3)cc2Cl)ccc1Cl. The lowest BCUT2D eigenvalue weighted by molar-refractivity contribution is 0.462. The van der Waals surface area contributed by atoms with Crippen molar-refractivity contribution in [3.05, 3.63) is 51.6 Å². The van der Waals surface area contributed by atoms with Gasteiger partial charge >= 0.3 is 0 Å². The van der Waals surface area contributed by atoms with E-state index in [1.54, 1.807) is 18.3 Å². The molecule has 110 valence electrons. The molecule has 1 aliphatic carbocycles. The van der Waals surface area contributed by atoms with Gasteiger partial charge in [0.25, 0.3) is 0 Å². The number of aromatic nitrogens is 1. The second-order valence-electron chi connectivity index (χ2n) is 5.30. The van der Waals surface area contributed by atoms with E-state index in [4.69, 9.17) is 27.9 Å². The van der Waals surface area contributed by atoms with Crippen molar-refractivity contribution < 1.29 is 4.74 Å². The third kappa shape index (κ3) is 3.88. The largest absolute Gasteiger partial charge is 0.438 e. The van der Waals surface area contributed by atoms with Crippen molar-refractivity contribution in [3.8, 4) is 11.6 Å². The molecule has 21 heavy (non-hydrogen) atoms. The molecule has 1 aromatic heterocycles. The average Bonchev–Trinajstić information content (AvgIpc) is 3.27. The number of hydrogen-bond acceptors (Lipinski definition) is 3. The van der Waals surface area contributed by atoms with Gasteiger partial charge in [0.2, 0.25) is 5.88 Å². The minimum absolute atomic E-state index is 0.411. The highest BCUT2D eigenvalue weighted by Gasteiger charge is 2.20. The number of ether oxygens (including phenoxy) is 1. The lowest BCUT2D eigenvalue weighted by Gasteiger charge is -2.09. The molecule has 3 nitrogen and oxygen atoms in total. The summed E-state index contributed by atoms with van der Waals surface area (Å²) in [5.74, 6) is 1.09. The van der Waals surface area contributed by atoms with Crippen LogP contribution >= 0.6 is 23.2 Å². The zero-order valence-corrected chi connectivity index (χ0v) is 13.2. The van der Waals surface area contributed by atoms with Crippen LogP contribution in [0.4, 0.5) is 0 Å². The molecule has 0 radical (unpaired) electrons. The van der Waals surface area contributed by atoms with E-state index in [-0.39, 0.29) is 0 Å². The quantitative estimate of drug-likeness (QED) is 0.863. The Balaban J connectivity index is 1.70. The van der Waals surface area contributed by atoms with Crippen molar-refractivity contribution in [1.82, 2.24) is 10.3 Å².